The van der Waals surface area contributed by atoms with Gasteiger partial charge in [-0.05, 0) is 74.5 Å². The Morgan fingerprint density at radius 1 is 0.963 bits per heavy atom. The van der Waals surface area contributed by atoms with Crippen LogP contribution >= 0.6 is 0 Å². The van der Waals surface area contributed by atoms with Crippen LogP contribution in [-0.4, -0.2) is 24.9 Å². The van der Waals surface area contributed by atoms with E-state index >= 15 is 0 Å². The van der Waals surface area contributed by atoms with Gasteiger partial charge in [-0.3, -0.25) is 9.59 Å². The van der Waals surface area contributed by atoms with E-state index < -0.39 is 0 Å². The molecule has 5 nitrogen and oxygen atoms in total. The van der Waals surface area contributed by atoms with Gasteiger partial charge in [-0.15, -0.1) is 0 Å². The second-order valence-electron chi connectivity index (χ2n) is 7.66. The Bertz CT molecular complexity index is 857. The van der Waals surface area contributed by atoms with Crippen LogP contribution in [0.4, 0.5) is 11.4 Å². The molecule has 5 heteroatoms. The van der Waals surface area contributed by atoms with Crippen molar-refractivity contribution in [3.63, 3.8) is 0 Å². The Kier molecular flexibility index (Phi) is 4.70. The van der Waals surface area contributed by atoms with Crippen molar-refractivity contribution < 1.29 is 9.59 Å². The number of amides is 2. The number of anilines is 2. The second-order valence-corrected chi connectivity index (χ2v) is 7.66. The van der Waals surface area contributed by atoms with Crippen molar-refractivity contribution in [3.8, 4) is 0 Å². The van der Waals surface area contributed by atoms with Crippen LogP contribution in [-0.2, 0) is 4.79 Å². The maximum absolute atomic E-state index is 12.7. The van der Waals surface area contributed by atoms with Crippen LogP contribution in [0.25, 0.3) is 0 Å². The first-order valence-corrected chi connectivity index (χ1v) is 9.57. The number of piperidine rings is 1. The third-order valence-corrected chi connectivity index (χ3v) is 5.98. The van der Waals surface area contributed by atoms with Crippen molar-refractivity contribution in [1.29, 1.82) is 0 Å². The first kappa shape index (κ1) is 17.7. The van der Waals surface area contributed by atoms with Gasteiger partial charge in [0.1, 0.15) is 0 Å². The van der Waals surface area contributed by atoms with E-state index in [1.54, 1.807) is 12.1 Å². The molecule has 0 radical (unpaired) electrons. The van der Waals surface area contributed by atoms with Crippen molar-refractivity contribution in [3.05, 3.63) is 59.7 Å². The van der Waals surface area contributed by atoms with Crippen molar-refractivity contribution in [2.75, 3.05) is 23.7 Å². The Hall–Kier alpha value is -2.66. The van der Waals surface area contributed by atoms with Crippen LogP contribution in [0, 0.1) is 18.3 Å². The van der Waals surface area contributed by atoms with E-state index in [0.29, 0.717) is 11.3 Å². The van der Waals surface area contributed by atoms with E-state index in [2.05, 4.69) is 16.0 Å². The molecule has 27 heavy (non-hydrogen) atoms. The zero-order chi connectivity index (χ0) is 18.9. The van der Waals surface area contributed by atoms with E-state index in [4.69, 9.17) is 0 Å². The first-order chi connectivity index (χ1) is 13.1. The molecule has 2 aromatic carbocycles. The average Bonchev–Trinajstić information content (AvgIpc) is 3.39. The van der Waals surface area contributed by atoms with E-state index in [9.17, 15) is 9.59 Å². The van der Waals surface area contributed by atoms with Gasteiger partial charge in [0.2, 0.25) is 5.91 Å². The normalized spacial score (nSPS) is 20.1. The minimum atomic E-state index is -0.155. The molecule has 1 aliphatic carbocycles. The van der Waals surface area contributed by atoms with Crippen molar-refractivity contribution in [2.24, 2.45) is 11.3 Å². The molecule has 140 valence electrons. The lowest BCUT2D eigenvalue weighted by Gasteiger charge is -2.23. The lowest BCUT2D eigenvalue weighted by Crippen LogP contribution is -2.31. The molecule has 1 heterocycles. The van der Waals surface area contributed by atoms with E-state index in [0.717, 1.165) is 43.6 Å². The van der Waals surface area contributed by atoms with Crippen LogP contribution in [0.5, 0.6) is 0 Å². The maximum atomic E-state index is 12.7. The molecule has 2 amide bonds. The summed E-state index contributed by atoms with van der Waals surface area (Å²) in [5, 5.41) is 9.40. The Morgan fingerprint density at radius 2 is 1.63 bits per heavy atom. The molecule has 4 rings (SSSR count). The predicted octanol–water partition coefficient (Wildman–Crippen LogP) is 3.58. The second kappa shape index (κ2) is 7.16. The van der Waals surface area contributed by atoms with Crippen molar-refractivity contribution in [2.45, 2.75) is 26.2 Å². The number of carbonyl (C=O) groups is 2. The molecule has 1 unspecified atom stereocenters. The minimum Gasteiger partial charge on any atom is -0.326 e. The smallest absolute Gasteiger partial charge is 0.255 e. The fourth-order valence-corrected chi connectivity index (χ4v) is 4.11. The summed E-state index contributed by atoms with van der Waals surface area (Å²) in [5.74, 6) is 0.0612. The third-order valence-electron chi connectivity index (χ3n) is 5.98. The number of hydrogen-bond donors (Lipinski definition) is 3. The number of hydrogen-bond acceptors (Lipinski definition) is 3. The van der Waals surface area contributed by atoms with Gasteiger partial charge in [0.25, 0.3) is 5.91 Å². The Morgan fingerprint density at radius 3 is 2.33 bits per heavy atom. The van der Waals surface area contributed by atoms with Gasteiger partial charge in [-0.2, -0.15) is 0 Å². The van der Waals surface area contributed by atoms with Gasteiger partial charge >= 0.3 is 0 Å². The van der Waals surface area contributed by atoms with Crippen LogP contribution in [0.1, 0.15) is 35.2 Å². The lowest BCUT2D eigenvalue weighted by atomic mass is 9.91. The SMILES string of the molecule is Cc1c(NC(=O)c2ccccc2)cccc1NC(=O)C1CC12CCNCC2. The predicted molar refractivity (Wildman–Crippen MR) is 107 cm³/mol. The highest BCUT2D eigenvalue weighted by molar-refractivity contribution is 6.05. The maximum Gasteiger partial charge on any atom is 0.255 e. The van der Waals surface area contributed by atoms with Crippen LogP contribution < -0.4 is 16.0 Å². The van der Waals surface area contributed by atoms with Gasteiger partial charge < -0.3 is 16.0 Å². The summed E-state index contributed by atoms with van der Waals surface area (Å²) >= 11 is 0. The molecule has 2 aromatic rings. The molecule has 2 fully saturated rings. The molecule has 1 atom stereocenters. The van der Waals surface area contributed by atoms with Gasteiger partial charge in [0.15, 0.2) is 0 Å². The summed E-state index contributed by atoms with van der Waals surface area (Å²) in [6.45, 7) is 3.93. The monoisotopic (exact) mass is 363 g/mol. The first-order valence-electron chi connectivity index (χ1n) is 9.57. The molecule has 0 bridgehead atoms. The number of nitrogens with one attached hydrogen (secondary N) is 3. The lowest BCUT2D eigenvalue weighted by molar-refractivity contribution is -0.118. The van der Waals surface area contributed by atoms with Gasteiger partial charge in [0.05, 0.1) is 0 Å². The highest BCUT2D eigenvalue weighted by Crippen LogP contribution is 2.58. The van der Waals surface area contributed by atoms with E-state index in [-0.39, 0.29) is 23.1 Å². The Labute approximate surface area is 159 Å². The van der Waals surface area contributed by atoms with Gasteiger partial charge in [0, 0.05) is 22.9 Å². The quantitative estimate of drug-likeness (QED) is 0.778. The molecule has 1 saturated carbocycles. The van der Waals surface area contributed by atoms with Crippen LogP contribution in [0.15, 0.2) is 48.5 Å². The molecule has 1 aliphatic heterocycles. The summed E-state index contributed by atoms with van der Waals surface area (Å²) in [6, 6.07) is 14.7. The van der Waals surface area contributed by atoms with E-state index in [1.165, 1.54) is 0 Å². The zero-order valence-electron chi connectivity index (χ0n) is 15.5. The van der Waals surface area contributed by atoms with Gasteiger partial charge in [-0.25, -0.2) is 0 Å². The Balaban J connectivity index is 1.44. The summed E-state index contributed by atoms with van der Waals surface area (Å²) < 4.78 is 0. The average molecular weight is 363 g/mol. The minimum absolute atomic E-state index is 0.103. The largest absolute Gasteiger partial charge is 0.326 e. The molecule has 2 aliphatic rings. The standard InChI is InChI=1S/C22H25N3O2/c1-15-18(24-20(26)16-6-3-2-4-7-16)8-5-9-19(15)25-21(27)17-14-22(17)10-12-23-13-11-22/h2-9,17,23H,10-14H2,1H3,(H,24,26)(H,25,27). The molecule has 3 N–H and O–H groups in total. The molecule has 0 aromatic heterocycles. The fraction of sp³-hybridized carbons (Fsp3) is 0.364. The highest BCUT2D eigenvalue weighted by atomic mass is 16.2. The summed E-state index contributed by atoms with van der Waals surface area (Å²) in [7, 11) is 0. The molecule has 1 spiro atoms. The van der Waals surface area contributed by atoms with Gasteiger partial charge in [-0.1, -0.05) is 24.3 Å². The molecular formula is C22H25N3O2. The van der Waals surface area contributed by atoms with Crippen molar-refractivity contribution >= 4 is 23.2 Å². The number of carbonyl (C=O) groups excluding carboxylic acids is 2. The number of benzene rings is 2. The number of rotatable bonds is 4. The summed E-state index contributed by atoms with van der Waals surface area (Å²) in [6.07, 6.45) is 3.15. The molecular weight excluding hydrogens is 338 g/mol. The van der Waals surface area contributed by atoms with Crippen LogP contribution in [0.3, 0.4) is 0 Å². The topological polar surface area (TPSA) is 70.2 Å². The summed E-state index contributed by atoms with van der Waals surface area (Å²) in [4.78, 5) is 25.2. The third kappa shape index (κ3) is 3.60. The van der Waals surface area contributed by atoms with Crippen LogP contribution in [0.2, 0.25) is 0 Å². The zero-order valence-corrected chi connectivity index (χ0v) is 15.5. The highest BCUT2D eigenvalue weighted by Gasteiger charge is 2.57. The fourth-order valence-electron chi connectivity index (χ4n) is 4.11. The van der Waals surface area contributed by atoms with E-state index in [1.807, 2.05) is 43.3 Å². The van der Waals surface area contributed by atoms with Crippen molar-refractivity contribution in [1.82, 2.24) is 5.32 Å². The molecule has 1 saturated heterocycles. The summed E-state index contributed by atoms with van der Waals surface area (Å²) in [5.41, 5.74) is 3.17.